The van der Waals surface area contributed by atoms with Crippen LogP contribution in [0.4, 0.5) is 14.5 Å². The van der Waals surface area contributed by atoms with E-state index < -0.39 is 22.9 Å². The average molecular weight is 434 g/mol. The number of hydrogen-bond acceptors (Lipinski definition) is 6. The lowest BCUT2D eigenvalue weighted by atomic mass is 10.2. The molecule has 150 valence electrons. The monoisotopic (exact) mass is 434 g/mol. The molecule has 0 radical (unpaired) electrons. The molecule has 1 aliphatic heterocycles. The summed E-state index contributed by atoms with van der Waals surface area (Å²) in [6.45, 7) is 2.07. The van der Waals surface area contributed by atoms with E-state index in [9.17, 15) is 18.4 Å². The molecule has 2 aromatic carbocycles. The highest BCUT2D eigenvalue weighted by atomic mass is 32.2. The molecular weight excluding hydrogens is 418 g/mol. The van der Waals surface area contributed by atoms with Crippen LogP contribution in [0.2, 0.25) is 0 Å². The SMILES string of the molecule is CCOC(=O)CC1Sc2ccccc2N(Cc2nc3cc(F)cc(F)c3s2)C1=O. The smallest absolute Gasteiger partial charge is 0.307 e. The van der Waals surface area contributed by atoms with Crippen molar-refractivity contribution in [1.82, 2.24) is 4.98 Å². The second kappa shape index (κ2) is 8.08. The number of hydrogen-bond donors (Lipinski definition) is 0. The molecule has 5 nitrogen and oxygen atoms in total. The molecule has 1 aromatic heterocycles. The summed E-state index contributed by atoms with van der Waals surface area (Å²) in [7, 11) is 0. The Bertz CT molecular complexity index is 1100. The molecule has 29 heavy (non-hydrogen) atoms. The molecule has 1 unspecified atom stereocenters. The van der Waals surface area contributed by atoms with E-state index in [2.05, 4.69) is 4.98 Å². The number of carbonyl (C=O) groups is 2. The van der Waals surface area contributed by atoms with Gasteiger partial charge in [0.1, 0.15) is 16.6 Å². The Labute approximate surface area is 173 Å². The first-order chi connectivity index (χ1) is 14.0. The minimum absolute atomic E-state index is 0.0398. The summed E-state index contributed by atoms with van der Waals surface area (Å²) in [5.74, 6) is -2.05. The maximum absolute atomic E-state index is 14.0. The molecule has 0 aliphatic carbocycles. The van der Waals surface area contributed by atoms with Crippen LogP contribution < -0.4 is 4.90 Å². The number of amides is 1. The van der Waals surface area contributed by atoms with Crippen LogP contribution in [0.25, 0.3) is 10.2 Å². The maximum Gasteiger partial charge on any atom is 0.307 e. The molecule has 0 fully saturated rings. The molecule has 1 aliphatic rings. The number of thioether (sulfide) groups is 1. The van der Waals surface area contributed by atoms with Crippen LogP contribution in [0.1, 0.15) is 18.4 Å². The summed E-state index contributed by atoms with van der Waals surface area (Å²) in [6, 6.07) is 9.36. The van der Waals surface area contributed by atoms with Crippen LogP contribution in [0.3, 0.4) is 0 Å². The van der Waals surface area contributed by atoms with Crippen molar-refractivity contribution in [3.05, 3.63) is 53.0 Å². The normalized spacial score (nSPS) is 16.2. The molecule has 0 saturated heterocycles. The first-order valence-corrected chi connectivity index (χ1v) is 10.6. The third-order valence-electron chi connectivity index (χ3n) is 4.37. The van der Waals surface area contributed by atoms with Crippen LogP contribution in [-0.2, 0) is 20.9 Å². The number of rotatable bonds is 5. The van der Waals surface area contributed by atoms with Gasteiger partial charge in [0.15, 0.2) is 0 Å². The molecule has 0 spiro atoms. The number of thiazole rings is 1. The van der Waals surface area contributed by atoms with Gasteiger partial charge in [0.05, 0.1) is 40.7 Å². The van der Waals surface area contributed by atoms with Gasteiger partial charge in [0.25, 0.3) is 0 Å². The van der Waals surface area contributed by atoms with Gasteiger partial charge in [-0.05, 0) is 19.1 Å². The summed E-state index contributed by atoms with van der Waals surface area (Å²) in [6.07, 6.45) is -0.0398. The molecule has 2 heterocycles. The number of para-hydroxylation sites is 1. The summed E-state index contributed by atoms with van der Waals surface area (Å²) < 4.78 is 32.7. The first-order valence-electron chi connectivity index (χ1n) is 8.93. The van der Waals surface area contributed by atoms with Gasteiger partial charge in [-0.1, -0.05) is 12.1 Å². The van der Waals surface area contributed by atoms with E-state index in [-0.39, 0.29) is 35.7 Å². The number of ether oxygens (including phenoxy) is 1. The van der Waals surface area contributed by atoms with Crippen molar-refractivity contribution < 1.29 is 23.1 Å². The lowest BCUT2D eigenvalue weighted by Gasteiger charge is -2.32. The molecule has 0 bridgehead atoms. The van der Waals surface area contributed by atoms with E-state index >= 15 is 0 Å². The predicted octanol–water partition coefficient (Wildman–Crippen LogP) is 4.54. The van der Waals surface area contributed by atoms with E-state index in [1.807, 2.05) is 24.3 Å². The van der Waals surface area contributed by atoms with Gasteiger partial charge < -0.3 is 9.64 Å². The Morgan fingerprint density at radius 2 is 2.07 bits per heavy atom. The van der Waals surface area contributed by atoms with Gasteiger partial charge in [-0.25, -0.2) is 13.8 Å². The number of nitrogens with zero attached hydrogens (tertiary/aromatic N) is 2. The molecular formula is C20H16F2N2O3S2. The van der Waals surface area contributed by atoms with E-state index in [1.165, 1.54) is 17.8 Å². The Balaban J connectivity index is 1.66. The second-order valence-corrected chi connectivity index (χ2v) is 8.68. The van der Waals surface area contributed by atoms with Gasteiger partial charge in [-0.3, -0.25) is 9.59 Å². The molecule has 1 atom stereocenters. The van der Waals surface area contributed by atoms with Gasteiger partial charge in [0.2, 0.25) is 5.91 Å². The lowest BCUT2D eigenvalue weighted by molar-refractivity contribution is -0.144. The standard InChI is InChI=1S/C20H16F2N2O3S2/c1-2-27-18(25)9-16-20(26)24(14-5-3-4-6-15(14)28-16)10-17-23-13-8-11(21)7-12(22)19(13)29-17/h3-8,16H,2,9-10H2,1H3. The highest BCUT2D eigenvalue weighted by Crippen LogP contribution is 2.41. The van der Waals surface area contributed by atoms with Crippen molar-refractivity contribution >= 4 is 50.9 Å². The third-order valence-corrected chi connectivity index (χ3v) is 6.69. The number of esters is 1. The van der Waals surface area contributed by atoms with Crippen molar-refractivity contribution in [3.63, 3.8) is 0 Å². The van der Waals surface area contributed by atoms with Crippen LogP contribution in [-0.4, -0.2) is 28.7 Å². The number of aromatic nitrogens is 1. The van der Waals surface area contributed by atoms with Gasteiger partial charge in [0, 0.05) is 17.0 Å². The summed E-state index contributed by atoms with van der Waals surface area (Å²) in [5, 5.41) is -0.137. The largest absolute Gasteiger partial charge is 0.466 e. The van der Waals surface area contributed by atoms with E-state index in [0.29, 0.717) is 10.7 Å². The zero-order valence-electron chi connectivity index (χ0n) is 15.4. The van der Waals surface area contributed by atoms with Crippen LogP contribution in [0.15, 0.2) is 41.3 Å². The minimum atomic E-state index is -0.697. The van der Waals surface area contributed by atoms with E-state index in [1.54, 1.807) is 11.8 Å². The highest BCUT2D eigenvalue weighted by molar-refractivity contribution is 8.01. The fourth-order valence-electron chi connectivity index (χ4n) is 3.15. The topological polar surface area (TPSA) is 59.5 Å². The van der Waals surface area contributed by atoms with Crippen molar-refractivity contribution in [2.45, 2.75) is 30.0 Å². The zero-order chi connectivity index (χ0) is 20.5. The van der Waals surface area contributed by atoms with E-state index in [4.69, 9.17) is 4.74 Å². The van der Waals surface area contributed by atoms with Crippen LogP contribution in [0, 0.1) is 11.6 Å². The van der Waals surface area contributed by atoms with Crippen LogP contribution in [0.5, 0.6) is 0 Å². The Hall–Kier alpha value is -2.52. The summed E-state index contributed by atoms with van der Waals surface area (Å²) in [4.78, 5) is 31.7. The van der Waals surface area contributed by atoms with Crippen molar-refractivity contribution in [2.75, 3.05) is 11.5 Å². The second-order valence-electron chi connectivity index (χ2n) is 6.35. The fourth-order valence-corrected chi connectivity index (χ4v) is 5.30. The molecule has 0 saturated carbocycles. The zero-order valence-corrected chi connectivity index (χ0v) is 17.0. The van der Waals surface area contributed by atoms with Gasteiger partial charge in [-0.15, -0.1) is 23.1 Å². The Morgan fingerprint density at radius 1 is 1.28 bits per heavy atom. The quantitative estimate of drug-likeness (QED) is 0.552. The molecule has 9 heteroatoms. The van der Waals surface area contributed by atoms with Crippen molar-refractivity contribution in [1.29, 1.82) is 0 Å². The summed E-state index contributed by atoms with van der Waals surface area (Å²) in [5.41, 5.74) is 0.922. The lowest BCUT2D eigenvalue weighted by Crippen LogP contribution is -2.41. The molecule has 4 rings (SSSR count). The van der Waals surface area contributed by atoms with Crippen molar-refractivity contribution in [3.8, 4) is 0 Å². The predicted molar refractivity (Wildman–Crippen MR) is 108 cm³/mol. The molecule has 0 N–H and O–H groups in total. The average Bonchev–Trinajstić information content (AvgIpc) is 3.08. The number of fused-ring (bicyclic) bond motifs is 2. The van der Waals surface area contributed by atoms with Gasteiger partial charge >= 0.3 is 5.97 Å². The van der Waals surface area contributed by atoms with Crippen LogP contribution >= 0.6 is 23.1 Å². The Morgan fingerprint density at radius 3 is 2.86 bits per heavy atom. The van der Waals surface area contributed by atoms with Crippen molar-refractivity contribution in [2.24, 2.45) is 0 Å². The number of carbonyl (C=O) groups excluding carboxylic acids is 2. The third kappa shape index (κ3) is 3.97. The molecule has 1 amide bonds. The minimum Gasteiger partial charge on any atom is -0.466 e. The number of benzene rings is 2. The van der Waals surface area contributed by atoms with Gasteiger partial charge in [-0.2, -0.15) is 0 Å². The summed E-state index contributed by atoms with van der Waals surface area (Å²) >= 11 is 2.41. The maximum atomic E-state index is 14.0. The fraction of sp³-hybridized carbons (Fsp3) is 0.250. The van der Waals surface area contributed by atoms with E-state index in [0.717, 1.165) is 22.3 Å². The number of halogens is 2. The number of anilines is 1. The highest BCUT2D eigenvalue weighted by Gasteiger charge is 2.35. The first kappa shape index (κ1) is 19.8. The molecule has 3 aromatic rings. The Kier molecular flexibility index (Phi) is 5.51.